The molecule has 0 radical (unpaired) electrons. The minimum atomic E-state index is -0.335. The summed E-state index contributed by atoms with van der Waals surface area (Å²) in [7, 11) is 0. The molecule has 0 atom stereocenters. The van der Waals surface area contributed by atoms with Gasteiger partial charge in [0.15, 0.2) is 6.29 Å². The fraction of sp³-hybridized carbons (Fsp3) is 0. The summed E-state index contributed by atoms with van der Waals surface area (Å²) in [6, 6.07) is 9.89. The minimum absolute atomic E-state index is 0.335. The number of thiophene rings is 1. The van der Waals surface area contributed by atoms with Gasteiger partial charge < -0.3 is 0 Å². The Kier molecular flexibility index (Phi) is 2.97. The Morgan fingerprint density at radius 1 is 1.26 bits per heavy atom. The maximum absolute atomic E-state index is 13.2. The van der Waals surface area contributed by atoms with Crippen molar-refractivity contribution in [3.63, 3.8) is 0 Å². The predicted octanol–water partition coefficient (Wildman–Crippen LogP) is 3.55. The molecule has 0 saturated heterocycles. The summed E-state index contributed by atoms with van der Waals surface area (Å²) in [4.78, 5) is 12.0. The number of rotatable bonds is 3. The van der Waals surface area contributed by atoms with Crippen molar-refractivity contribution in [2.24, 2.45) is 0 Å². The Hall–Kier alpha value is -2.27. The normalized spacial score (nSPS) is 10.6. The summed E-state index contributed by atoms with van der Waals surface area (Å²) >= 11 is 1.51. The summed E-state index contributed by atoms with van der Waals surface area (Å²) in [6.07, 6.45) is 2.37. The number of halogens is 1. The van der Waals surface area contributed by atoms with Crippen molar-refractivity contribution in [3.05, 3.63) is 59.4 Å². The number of aromatic nitrogens is 2. The van der Waals surface area contributed by atoms with Crippen LogP contribution in [0.2, 0.25) is 0 Å². The molecule has 0 N–H and O–H groups in total. The van der Waals surface area contributed by atoms with Crippen LogP contribution in [-0.4, -0.2) is 16.1 Å². The molecule has 1 aromatic carbocycles. The second kappa shape index (κ2) is 4.78. The average molecular weight is 272 g/mol. The average Bonchev–Trinajstić information content (AvgIpc) is 3.07. The molecule has 0 aliphatic rings. The van der Waals surface area contributed by atoms with E-state index in [0.717, 1.165) is 11.2 Å². The molecule has 94 valence electrons. The van der Waals surface area contributed by atoms with Crippen molar-refractivity contribution in [2.45, 2.75) is 0 Å². The van der Waals surface area contributed by atoms with Crippen molar-refractivity contribution in [3.8, 4) is 16.3 Å². The van der Waals surface area contributed by atoms with Gasteiger partial charge in [0, 0.05) is 6.20 Å². The molecule has 0 aliphatic heterocycles. The Bertz CT molecular complexity index is 719. The Balaban J connectivity index is 2.12. The Morgan fingerprint density at radius 3 is 2.84 bits per heavy atom. The first kappa shape index (κ1) is 11.8. The van der Waals surface area contributed by atoms with E-state index in [1.54, 1.807) is 18.3 Å². The van der Waals surface area contributed by atoms with Crippen LogP contribution in [0.25, 0.3) is 16.3 Å². The topological polar surface area (TPSA) is 34.9 Å². The zero-order valence-electron chi connectivity index (χ0n) is 9.79. The van der Waals surface area contributed by atoms with Gasteiger partial charge in [-0.25, -0.2) is 9.07 Å². The third-order valence-corrected chi connectivity index (χ3v) is 3.57. The van der Waals surface area contributed by atoms with Gasteiger partial charge in [0.05, 0.1) is 16.1 Å². The van der Waals surface area contributed by atoms with Crippen LogP contribution < -0.4 is 0 Å². The van der Waals surface area contributed by atoms with Crippen molar-refractivity contribution >= 4 is 17.6 Å². The minimum Gasteiger partial charge on any atom is -0.298 e. The van der Waals surface area contributed by atoms with E-state index in [1.165, 1.54) is 28.2 Å². The number of hydrogen-bond acceptors (Lipinski definition) is 3. The third-order valence-electron chi connectivity index (χ3n) is 2.70. The predicted molar refractivity (Wildman–Crippen MR) is 72.2 cm³/mol. The van der Waals surface area contributed by atoms with E-state index in [4.69, 9.17) is 0 Å². The fourth-order valence-electron chi connectivity index (χ4n) is 1.83. The van der Waals surface area contributed by atoms with Crippen LogP contribution in [0.15, 0.2) is 48.0 Å². The molecule has 2 aromatic heterocycles. The van der Waals surface area contributed by atoms with Crippen molar-refractivity contribution in [1.29, 1.82) is 0 Å². The fourth-order valence-corrected chi connectivity index (χ4v) is 2.56. The molecule has 2 heterocycles. The molecule has 0 amide bonds. The van der Waals surface area contributed by atoms with Crippen LogP contribution in [0, 0.1) is 5.82 Å². The number of nitrogens with zero attached hydrogens (tertiary/aromatic N) is 2. The molecule has 0 unspecified atom stereocenters. The lowest BCUT2D eigenvalue weighted by atomic mass is 10.2. The van der Waals surface area contributed by atoms with Crippen LogP contribution in [-0.2, 0) is 0 Å². The molecule has 0 aliphatic carbocycles. The molecule has 5 heteroatoms. The lowest BCUT2D eigenvalue weighted by molar-refractivity contribution is 0.112. The maximum atomic E-state index is 13.2. The lowest BCUT2D eigenvalue weighted by Crippen LogP contribution is -1.95. The van der Waals surface area contributed by atoms with E-state index >= 15 is 0 Å². The smallest absolute Gasteiger partial charge is 0.153 e. The van der Waals surface area contributed by atoms with Gasteiger partial charge >= 0.3 is 0 Å². The van der Waals surface area contributed by atoms with Gasteiger partial charge in [-0.05, 0) is 29.6 Å². The van der Waals surface area contributed by atoms with Crippen LogP contribution >= 0.6 is 11.3 Å². The summed E-state index contributed by atoms with van der Waals surface area (Å²) in [5.41, 5.74) is 1.70. The highest BCUT2D eigenvalue weighted by atomic mass is 32.1. The first-order chi connectivity index (χ1) is 9.28. The van der Waals surface area contributed by atoms with Crippen molar-refractivity contribution < 1.29 is 9.18 Å². The largest absolute Gasteiger partial charge is 0.298 e. The van der Waals surface area contributed by atoms with Crippen LogP contribution in [0.1, 0.15) is 10.4 Å². The Morgan fingerprint density at radius 2 is 2.16 bits per heavy atom. The summed E-state index contributed by atoms with van der Waals surface area (Å²) < 4.78 is 14.7. The zero-order chi connectivity index (χ0) is 13.2. The van der Waals surface area contributed by atoms with E-state index in [2.05, 4.69) is 5.10 Å². The monoisotopic (exact) mass is 272 g/mol. The first-order valence-corrected chi connectivity index (χ1v) is 6.50. The van der Waals surface area contributed by atoms with Gasteiger partial charge in [-0.3, -0.25) is 4.79 Å². The molecule has 3 aromatic rings. The molecule has 3 nitrogen and oxygen atoms in total. The maximum Gasteiger partial charge on any atom is 0.153 e. The second-order valence-electron chi connectivity index (χ2n) is 3.95. The lowest BCUT2D eigenvalue weighted by Gasteiger charge is -2.00. The van der Waals surface area contributed by atoms with Gasteiger partial charge in [-0.1, -0.05) is 12.1 Å². The van der Waals surface area contributed by atoms with Crippen molar-refractivity contribution in [1.82, 2.24) is 9.78 Å². The van der Waals surface area contributed by atoms with Gasteiger partial charge in [0.25, 0.3) is 0 Å². The summed E-state index contributed by atoms with van der Waals surface area (Å²) in [5.74, 6) is -0.335. The SMILES string of the molecule is O=Cc1cn(-c2cccc(F)c2)nc1-c1cccs1. The summed E-state index contributed by atoms with van der Waals surface area (Å²) in [6.45, 7) is 0. The molecular weight excluding hydrogens is 263 g/mol. The van der Waals surface area contributed by atoms with E-state index in [9.17, 15) is 9.18 Å². The molecule has 0 saturated carbocycles. The molecule has 0 fully saturated rings. The van der Waals surface area contributed by atoms with E-state index in [-0.39, 0.29) is 5.82 Å². The zero-order valence-corrected chi connectivity index (χ0v) is 10.6. The third kappa shape index (κ3) is 2.20. The van der Waals surface area contributed by atoms with Crippen LogP contribution in [0.3, 0.4) is 0 Å². The Labute approximate surface area is 112 Å². The number of carbonyl (C=O) groups is 1. The molecule has 0 spiro atoms. The molecule has 19 heavy (non-hydrogen) atoms. The second-order valence-corrected chi connectivity index (χ2v) is 4.90. The number of carbonyl (C=O) groups excluding carboxylic acids is 1. The molecule has 0 bridgehead atoms. The van der Waals surface area contributed by atoms with Crippen molar-refractivity contribution in [2.75, 3.05) is 0 Å². The van der Waals surface area contributed by atoms with E-state index in [0.29, 0.717) is 16.9 Å². The standard InChI is InChI=1S/C14H9FN2OS/c15-11-3-1-4-12(7-11)17-8-10(9-18)14(16-17)13-5-2-6-19-13/h1-9H. The van der Waals surface area contributed by atoms with Crippen LogP contribution in [0.4, 0.5) is 4.39 Å². The number of hydrogen-bond donors (Lipinski definition) is 0. The van der Waals surface area contributed by atoms with Gasteiger partial charge in [0.1, 0.15) is 11.5 Å². The molecule has 3 rings (SSSR count). The number of benzene rings is 1. The highest BCUT2D eigenvalue weighted by molar-refractivity contribution is 7.13. The van der Waals surface area contributed by atoms with Gasteiger partial charge in [-0.15, -0.1) is 11.3 Å². The highest BCUT2D eigenvalue weighted by Crippen LogP contribution is 2.26. The highest BCUT2D eigenvalue weighted by Gasteiger charge is 2.12. The molecular formula is C14H9FN2OS. The van der Waals surface area contributed by atoms with E-state index in [1.807, 2.05) is 17.5 Å². The summed E-state index contributed by atoms with van der Waals surface area (Å²) in [5, 5.41) is 6.29. The van der Waals surface area contributed by atoms with Crippen LogP contribution in [0.5, 0.6) is 0 Å². The number of aldehydes is 1. The van der Waals surface area contributed by atoms with Gasteiger partial charge in [-0.2, -0.15) is 5.10 Å². The van der Waals surface area contributed by atoms with E-state index < -0.39 is 0 Å². The quantitative estimate of drug-likeness (QED) is 0.683. The first-order valence-electron chi connectivity index (χ1n) is 5.62. The van der Waals surface area contributed by atoms with Gasteiger partial charge in [0.2, 0.25) is 0 Å².